The number of aromatic nitrogens is 1. The molecule has 1 atom stereocenters. The van der Waals surface area contributed by atoms with E-state index >= 15 is 0 Å². The van der Waals surface area contributed by atoms with E-state index in [-0.39, 0.29) is 0 Å². The highest BCUT2D eigenvalue weighted by atomic mass is 16.3. The molecule has 0 bridgehead atoms. The molecule has 110 valence electrons. The molecule has 21 heavy (non-hydrogen) atoms. The lowest BCUT2D eigenvalue weighted by atomic mass is 9.87. The Morgan fingerprint density at radius 3 is 3.10 bits per heavy atom. The van der Waals surface area contributed by atoms with Gasteiger partial charge in [-0.3, -0.25) is 4.98 Å². The van der Waals surface area contributed by atoms with Crippen LogP contribution in [0.5, 0.6) is 5.75 Å². The van der Waals surface area contributed by atoms with Gasteiger partial charge in [-0.15, -0.1) is 0 Å². The summed E-state index contributed by atoms with van der Waals surface area (Å²) in [7, 11) is 0. The van der Waals surface area contributed by atoms with E-state index in [0.717, 1.165) is 37.9 Å². The zero-order valence-corrected chi connectivity index (χ0v) is 12.5. The van der Waals surface area contributed by atoms with Crippen LogP contribution in [0.25, 0.3) is 0 Å². The summed E-state index contributed by atoms with van der Waals surface area (Å²) in [6.07, 6.45) is 6.25. The molecule has 3 heteroatoms. The van der Waals surface area contributed by atoms with Crippen molar-refractivity contribution in [1.29, 1.82) is 0 Å². The van der Waals surface area contributed by atoms with Crippen molar-refractivity contribution < 1.29 is 5.11 Å². The number of hydrogen-bond donors (Lipinski definition) is 2. The second-order valence-electron chi connectivity index (χ2n) is 5.67. The largest absolute Gasteiger partial charge is 0.508 e. The molecular weight excluding hydrogens is 260 g/mol. The van der Waals surface area contributed by atoms with E-state index in [4.69, 9.17) is 0 Å². The molecule has 0 fully saturated rings. The number of phenolic OH excluding ortho intramolecular Hbond substituents is 1. The molecule has 0 saturated carbocycles. The number of aromatic hydroxyl groups is 1. The Morgan fingerprint density at radius 2 is 2.24 bits per heavy atom. The van der Waals surface area contributed by atoms with E-state index in [1.807, 2.05) is 18.3 Å². The molecular formula is C18H22N2O. The number of aryl methyl sites for hydroxylation is 2. The normalized spacial score (nSPS) is 17.5. The topological polar surface area (TPSA) is 45.2 Å². The summed E-state index contributed by atoms with van der Waals surface area (Å²) in [6, 6.07) is 10.3. The van der Waals surface area contributed by atoms with Crippen molar-refractivity contribution in [2.75, 3.05) is 0 Å². The van der Waals surface area contributed by atoms with Crippen LogP contribution in [0.1, 0.15) is 48.2 Å². The lowest BCUT2D eigenvalue weighted by molar-refractivity contribution is 0.447. The van der Waals surface area contributed by atoms with E-state index in [0.29, 0.717) is 11.8 Å². The van der Waals surface area contributed by atoms with E-state index in [9.17, 15) is 5.11 Å². The van der Waals surface area contributed by atoms with Crippen molar-refractivity contribution in [3.8, 4) is 5.75 Å². The van der Waals surface area contributed by atoms with Crippen LogP contribution in [0, 0.1) is 0 Å². The van der Waals surface area contributed by atoms with Gasteiger partial charge in [0.25, 0.3) is 0 Å². The van der Waals surface area contributed by atoms with Gasteiger partial charge in [0, 0.05) is 18.8 Å². The fourth-order valence-corrected chi connectivity index (χ4v) is 3.19. The van der Waals surface area contributed by atoms with Crippen LogP contribution >= 0.6 is 0 Å². The van der Waals surface area contributed by atoms with Crippen LogP contribution in [-0.4, -0.2) is 10.1 Å². The van der Waals surface area contributed by atoms with Gasteiger partial charge >= 0.3 is 0 Å². The summed E-state index contributed by atoms with van der Waals surface area (Å²) >= 11 is 0. The van der Waals surface area contributed by atoms with Gasteiger partial charge in [-0.1, -0.05) is 19.1 Å². The molecule has 0 amide bonds. The lowest BCUT2D eigenvalue weighted by Crippen LogP contribution is -2.25. The number of rotatable bonds is 4. The number of phenols is 1. The van der Waals surface area contributed by atoms with Gasteiger partial charge < -0.3 is 10.4 Å². The first-order valence-electron chi connectivity index (χ1n) is 7.76. The molecule has 2 N–H and O–H groups in total. The first kappa shape index (κ1) is 14.1. The molecule has 1 aromatic carbocycles. The first-order chi connectivity index (χ1) is 10.3. The fourth-order valence-electron chi connectivity index (χ4n) is 3.19. The first-order valence-corrected chi connectivity index (χ1v) is 7.76. The Bertz CT molecular complexity index is 624. The zero-order valence-electron chi connectivity index (χ0n) is 12.5. The highest BCUT2D eigenvalue weighted by Crippen LogP contribution is 2.32. The molecule has 0 spiro atoms. The molecule has 0 radical (unpaired) electrons. The van der Waals surface area contributed by atoms with E-state index in [1.165, 1.54) is 16.7 Å². The van der Waals surface area contributed by atoms with Gasteiger partial charge in [0.1, 0.15) is 5.75 Å². The van der Waals surface area contributed by atoms with E-state index < -0.39 is 0 Å². The fraction of sp³-hybridized carbons (Fsp3) is 0.389. The number of nitrogens with one attached hydrogen (secondary N) is 1. The van der Waals surface area contributed by atoms with Gasteiger partial charge in [0.2, 0.25) is 0 Å². The van der Waals surface area contributed by atoms with Gasteiger partial charge in [0.15, 0.2) is 0 Å². The standard InChI is InChI=1S/C18H22N2O/c1-2-13-6-4-10-19-18(13)12-20-17-7-3-5-14-11-15(21)8-9-16(14)17/h4,6,8-11,17,20-21H,2-3,5,7,12H2,1H3. The molecule has 1 aliphatic rings. The second kappa shape index (κ2) is 6.27. The molecule has 2 aromatic rings. The molecule has 0 aliphatic heterocycles. The third-order valence-corrected chi connectivity index (χ3v) is 4.32. The Balaban J connectivity index is 1.75. The molecule has 1 aromatic heterocycles. The van der Waals surface area contributed by atoms with Crippen molar-refractivity contribution in [2.45, 2.75) is 45.2 Å². The van der Waals surface area contributed by atoms with Crippen LogP contribution in [-0.2, 0) is 19.4 Å². The maximum atomic E-state index is 9.62. The maximum Gasteiger partial charge on any atom is 0.115 e. The van der Waals surface area contributed by atoms with Crippen molar-refractivity contribution in [3.05, 3.63) is 58.9 Å². The monoisotopic (exact) mass is 282 g/mol. The SMILES string of the molecule is CCc1cccnc1CNC1CCCc2cc(O)ccc21. The van der Waals surface area contributed by atoms with Gasteiger partial charge in [0.05, 0.1) is 5.69 Å². The Hall–Kier alpha value is -1.87. The minimum absolute atomic E-state index is 0.362. The highest BCUT2D eigenvalue weighted by molar-refractivity contribution is 5.38. The summed E-state index contributed by atoms with van der Waals surface area (Å²) < 4.78 is 0. The quantitative estimate of drug-likeness (QED) is 0.902. The predicted molar refractivity (Wildman–Crippen MR) is 84.2 cm³/mol. The number of fused-ring (bicyclic) bond motifs is 1. The number of pyridine rings is 1. The van der Waals surface area contributed by atoms with Crippen LogP contribution in [0.15, 0.2) is 36.5 Å². The molecule has 1 heterocycles. The van der Waals surface area contributed by atoms with Crippen LogP contribution in [0.2, 0.25) is 0 Å². The summed E-state index contributed by atoms with van der Waals surface area (Å²) in [6.45, 7) is 2.97. The summed E-state index contributed by atoms with van der Waals surface area (Å²) in [5, 5.41) is 13.3. The third-order valence-electron chi connectivity index (χ3n) is 4.32. The maximum absolute atomic E-state index is 9.62. The number of nitrogens with zero attached hydrogens (tertiary/aromatic N) is 1. The van der Waals surface area contributed by atoms with Crippen LogP contribution < -0.4 is 5.32 Å². The van der Waals surface area contributed by atoms with Crippen LogP contribution in [0.3, 0.4) is 0 Å². The van der Waals surface area contributed by atoms with Crippen molar-refractivity contribution in [2.24, 2.45) is 0 Å². The average Bonchev–Trinajstić information content (AvgIpc) is 2.52. The van der Waals surface area contributed by atoms with E-state index in [1.54, 1.807) is 6.07 Å². The second-order valence-corrected chi connectivity index (χ2v) is 5.67. The summed E-state index contributed by atoms with van der Waals surface area (Å²) in [5.74, 6) is 0.368. The minimum atomic E-state index is 0.362. The Kier molecular flexibility index (Phi) is 4.20. The average molecular weight is 282 g/mol. The summed E-state index contributed by atoms with van der Waals surface area (Å²) in [4.78, 5) is 4.50. The number of hydrogen-bond acceptors (Lipinski definition) is 3. The predicted octanol–water partition coefficient (Wildman–Crippen LogP) is 3.52. The van der Waals surface area contributed by atoms with Crippen LogP contribution in [0.4, 0.5) is 0 Å². The number of benzene rings is 1. The van der Waals surface area contributed by atoms with Gasteiger partial charge in [-0.05, 0) is 60.6 Å². The minimum Gasteiger partial charge on any atom is -0.508 e. The van der Waals surface area contributed by atoms with Gasteiger partial charge in [-0.2, -0.15) is 0 Å². The third kappa shape index (κ3) is 3.08. The van der Waals surface area contributed by atoms with Crippen molar-refractivity contribution in [3.63, 3.8) is 0 Å². The molecule has 3 rings (SSSR count). The Morgan fingerprint density at radius 1 is 1.33 bits per heavy atom. The molecule has 3 nitrogen and oxygen atoms in total. The van der Waals surface area contributed by atoms with Crippen molar-refractivity contribution >= 4 is 0 Å². The Labute approximate surface area is 126 Å². The summed E-state index contributed by atoms with van der Waals surface area (Å²) in [5.41, 5.74) is 5.06. The van der Waals surface area contributed by atoms with Gasteiger partial charge in [-0.25, -0.2) is 0 Å². The highest BCUT2D eigenvalue weighted by Gasteiger charge is 2.20. The lowest BCUT2D eigenvalue weighted by Gasteiger charge is -2.26. The molecule has 0 saturated heterocycles. The molecule has 1 unspecified atom stereocenters. The zero-order chi connectivity index (χ0) is 14.7. The van der Waals surface area contributed by atoms with E-state index in [2.05, 4.69) is 29.4 Å². The smallest absolute Gasteiger partial charge is 0.115 e. The molecule has 1 aliphatic carbocycles. The van der Waals surface area contributed by atoms with Crippen molar-refractivity contribution in [1.82, 2.24) is 10.3 Å².